The van der Waals surface area contributed by atoms with Gasteiger partial charge in [0, 0.05) is 17.3 Å². The van der Waals surface area contributed by atoms with Gasteiger partial charge in [-0.3, -0.25) is 9.78 Å². The Hall–Kier alpha value is -2.16. The minimum atomic E-state index is -0.0367. The number of rotatable bonds is 4. The molecule has 2 aromatic rings. The van der Waals surface area contributed by atoms with Crippen molar-refractivity contribution in [3.05, 3.63) is 59.4 Å². The van der Waals surface area contributed by atoms with Crippen LogP contribution in [0.3, 0.4) is 0 Å². The smallest absolute Gasteiger partial charge is 0.194 e. The first-order valence-corrected chi connectivity index (χ1v) is 6.29. The summed E-state index contributed by atoms with van der Waals surface area (Å²) in [5.74, 6) is 0.582. The monoisotopic (exact) mass is 255 g/mol. The fourth-order valence-corrected chi connectivity index (χ4v) is 1.83. The van der Waals surface area contributed by atoms with Crippen LogP contribution < -0.4 is 4.74 Å². The van der Waals surface area contributed by atoms with E-state index in [0.717, 1.165) is 5.56 Å². The molecule has 0 bridgehead atoms. The summed E-state index contributed by atoms with van der Waals surface area (Å²) in [7, 11) is 0. The van der Waals surface area contributed by atoms with Gasteiger partial charge in [-0.25, -0.2) is 0 Å². The van der Waals surface area contributed by atoms with Gasteiger partial charge in [-0.1, -0.05) is 23.8 Å². The van der Waals surface area contributed by atoms with Crippen molar-refractivity contribution in [2.24, 2.45) is 0 Å². The largest absolute Gasteiger partial charge is 0.489 e. The Balaban J connectivity index is 2.29. The lowest BCUT2D eigenvalue weighted by Gasteiger charge is -2.10. The first-order valence-electron chi connectivity index (χ1n) is 6.29. The van der Waals surface area contributed by atoms with E-state index in [2.05, 4.69) is 4.98 Å². The number of ether oxygens (including phenoxy) is 1. The normalized spacial score (nSPS) is 10.5. The number of carbonyl (C=O) groups excluding carboxylic acids is 1. The quantitative estimate of drug-likeness (QED) is 0.786. The summed E-state index contributed by atoms with van der Waals surface area (Å²) in [6.45, 7) is 5.84. The van der Waals surface area contributed by atoms with Crippen molar-refractivity contribution in [2.45, 2.75) is 26.9 Å². The van der Waals surface area contributed by atoms with E-state index < -0.39 is 0 Å². The summed E-state index contributed by atoms with van der Waals surface area (Å²) in [6.07, 6.45) is 3.25. The van der Waals surface area contributed by atoms with Crippen LogP contribution >= 0.6 is 0 Å². The van der Waals surface area contributed by atoms with Crippen LogP contribution in [0, 0.1) is 6.92 Å². The number of ketones is 1. The SMILES string of the molecule is Cc1cccc(C(=O)c2cncc(OC(C)C)c2)c1. The maximum atomic E-state index is 12.3. The van der Waals surface area contributed by atoms with Gasteiger partial charge in [0.1, 0.15) is 5.75 Å². The Labute approximate surface area is 113 Å². The Kier molecular flexibility index (Phi) is 3.95. The third-order valence-corrected chi connectivity index (χ3v) is 2.63. The summed E-state index contributed by atoms with van der Waals surface area (Å²) < 4.78 is 5.55. The molecule has 0 spiro atoms. The predicted octanol–water partition coefficient (Wildman–Crippen LogP) is 3.41. The Morgan fingerprint density at radius 3 is 2.63 bits per heavy atom. The van der Waals surface area contributed by atoms with Gasteiger partial charge in [0.2, 0.25) is 0 Å². The molecule has 98 valence electrons. The van der Waals surface area contributed by atoms with Crippen LogP contribution in [0.5, 0.6) is 5.75 Å². The van der Waals surface area contributed by atoms with Gasteiger partial charge in [0.05, 0.1) is 12.3 Å². The maximum Gasteiger partial charge on any atom is 0.194 e. The molecule has 0 aliphatic heterocycles. The van der Waals surface area contributed by atoms with Crippen LogP contribution in [-0.2, 0) is 0 Å². The molecular weight excluding hydrogens is 238 g/mol. The second-order valence-electron chi connectivity index (χ2n) is 4.77. The third-order valence-electron chi connectivity index (χ3n) is 2.63. The predicted molar refractivity (Wildman–Crippen MR) is 74.6 cm³/mol. The molecular formula is C16H17NO2. The molecule has 0 saturated carbocycles. The lowest BCUT2D eigenvalue weighted by molar-refractivity contribution is 0.103. The highest BCUT2D eigenvalue weighted by Crippen LogP contribution is 2.16. The fraction of sp³-hybridized carbons (Fsp3) is 0.250. The zero-order chi connectivity index (χ0) is 13.8. The van der Waals surface area contributed by atoms with E-state index >= 15 is 0 Å². The summed E-state index contributed by atoms with van der Waals surface area (Å²) in [4.78, 5) is 16.4. The van der Waals surface area contributed by atoms with Crippen molar-refractivity contribution in [1.29, 1.82) is 0 Å². The molecule has 0 aliphatic rings. The third kappa shape index (κ3) is 3.41. The standard InChI is InChI=1S/C16H17NO2/c1-11(2)19-15-8-14(9-17-10-15)16(18)13-6-4-5-12(3)7-13/h4-11H,1-3H3. The van der Waals surface area contributed by atoms with Gasteiger partial charge in [0.15, 0.2) is 5.78 Å². The van der Waals surface area contributed by atoms with E-state index in [9.17, 15) is 4.79 Å². The minimum absolute atomic E-state index is 0.0367. The molecule has 0 saturated heterocycles. The molecule has 1 heterocycles. The Morgan fingerprint density at radius 1 is 1.16 bits per heavy atom. The topological polar surface area (TPSA) is 39.2 Å². The van der Waals surface area contributed by atoms with E-state index in [1.165, 1.54) is 0 Å². The highest BCUT2D eigenvalue weighted by Gasteiger charge is 2.11. The number of hydrogen-bond acceptors (Lipinski definition) is 3. The Morgan fingerprint density at radius 2 is 1.95 bits per heavy atom. The first-order chi connectivity index (χ1) is 9.06. The first kappa shape index (κ1) is 13.3. The van der Waals surface area contributed by atoms with E-state index in [4.69, 9.17) is 4.74 Å². The molecule has 0 N–H and O–H groups in total. The summed E-state index contributed by atoms with van der Waals surface area (Å²) in [6, 6.07) is 9.26. The van der Waals surface area contributed by atoms with Crippen LogP contribution in [0.2, 0.25) is 0 Å². The lowest BCUT2D eigenvalue weighted by Crippen LogP contribution is -2.08. The van der Waals surface area contributed by atoms with Gasteiger partial charge in [-0.05, 0) is 32.9 Å². The van der Waals surface area contributed by atoms with Crippen LogP contribution in [0.15, 0.2) is 42.7 Å². The summed E-state index contributed by atoms with van der Waals surface area (Å²) >= 11 is 0. The molecule has 1 aromatic carbocycles. The van der Waals surface area contributed by atoms with Crippen molar-refractivity contribution in [3.63, 3.8) is 0 Å². The number of carbonyl (C=O) groups is 1. The van der Waals surface area contributed by atoms with Gasteiger partial charge < -0.3 is 4.74 Å². The average molecular weight is 255 g/mol. The van der Waals surface area contributed by atoms with Gasteiger partial charge in [-0.2, -0.15) is 0 Å². The van der Waals surface area contributed by atoms with E-state index in [-0.39, 0.29) is 11.9 Å². The second-order valence-corrected chi connectivity index (χ2v) is 4.77. The fourth-order valence-electron chi connectivity index (χ4n) is 1.83. The molecule has 3 heteroatoms. The molecule has 0 amide bonds. The van der Waals surface area contributed by atoms with Crippen LogP contribution in [-0.4, -0.2) is 16.9 Å². The van der Waals surface area contributed by atoms with Gasteiger partial charge in [0.25, 0.3) is 0 Å². The molecule has 3 nitrogen and oxygen atoms in total. The number of hydrogen-bond donors (Lipinski definition) is 0. The Bertz CT molecular complexity index is 591. The zero-order valence-electron chi connectivity index (χ0n) is 11.4. The second kappa shape index (κ2) is 5.65. The number of nitrogens with zero attached hydrogens (tertiary/aromatic N) is 1. The average Bonchev–Trinajstić information content (AvgIpc) is 2.37. The van der Waals surface area contributed by atoms with Gasteiger partial charge >= 0.3 is 0 Å². The zero-order valence-corrected chi connectivity index (χ0v) is 11.4. The van der Waals surface area contributed by atoms with Crippen molar-refractivity contribution in [1.82, 2.24) is 4.98 Å². The van der Waals surface area contributed by atoms with Crippen LogP contribution in [0.4, 0.5) is 0 Å². The van der Waals surface area contributed by atoms with E-state index in [1.807, 2.05) is 45.0 Å². The molecule has 0 radical (unpaired) electrons. The van der Waals surface area contributed by atoms with Crippen molar-refractivity contribution in [2.75, 3.05) is 0 Å². The van der Waals surface area contributed by atoms with Crippen LogP contribution in [0.25, 0.3) is 0 Å². The number of pyridine rings is 1. The highest BCUT2D eigenvalue weighted by molar-refractivity contribution is 6.09. The van der Waals surface area contributed by atoms with Gasteiger partial charge in [-0.15, -0.1) is 0 Å². The van der Waals surface area contributed by atoms with E-state index in [1.54, 1.807) is 18.5 Å². The lowest BCUT2D eigenvalue weighted by atomic mass is 10.0. The molecule has 0 aliphatic carbocycles. The highest BCUT2D eigenvalue weighted by atomic mass is 16.5. The van der Waals surface area contributed by atoms with Crippen LogP contribution in [0.1, 0.15) is 35.3 Å². The number of aryl methyl sites for hydroxylation is 1. The summed E-state index contributed by atoms with van der Waals surface area (Å²) in [5, 5.41) is 0. The molecule has 0 unspecified atom stereocenters. The summed E-state index contributed by atoms with van der Waals surface area (Å²) in [5.41, 5.74) is 2.28. The number of aromatic nitrogens is 1. The minimum Gasteiger partial charge on any atom is -0.489 e. The van der Waals surface area contributed by atoms with Crippen molar-refractivity contribution >= 4 is 5.78 Å². The van der Waals surface area contributed by atoms with E-state index in [0.29, 0.717) is 16.9 Å². The molecule has 1 aromatic heterocycles. The molecule has 0 fully saturated rings. The molecule has 19 heavy (non-hydrogen) atoms. The van der Waals surface area contributed by atoms with Crippen molar-refractivity contribution in [3.8, 4) is 5.75 Å². The van der Waals surface area contributed by atoms with Crippen molar-refractivity contribution < 1.29 is 9.53 Å². The maximum absolute atomic E-state index is 12.3. The molecule has 2 rings (SSSR count). The number of benzene rings is 1. The molecule has 0 atom stereocenters.